The Morgan fingerprint density at radius 1 is 1.15 bits per heavy atom. The number of nitrogens with two attached hydrogens (primary N) is 1. The highest BCUT2D eigenvalue weighted by Crippen LogP contribution is 2.40. The number of hydrogen-bond acceptors (Lipinski definition) is 5. The molecule has 2 N–H and O–H groups in total. The van der Waals surface area contributed by atoms with E-state index < -0.39 is 0 Å². The molecule has 2 heterocycles. The maximum Gasteiger partial charge on any atom is 0.182 e. The first-order chi connectivity index (χ1) is 16.4. The van der Waals surface area contributed by atoms with E-state index >= 15 is 4.39 Å². The van der Waals surface area contributed by atoms with Gasteiger partial charge in [0.2, 0.25) is 0 Å². The Labute approximate surface area is 205 Å². The van der Waals surface area contributed by atoms with Crippen molar-refractivity contribution in [2.24, 2.45) is 11.7 Å². The summed E-state index contributed by atoms with van der Waals surface area (Å²) in [4.78, 5) is 19.2. The fourth-order valence-electron chi connectivity index (χ4n) is 4.75. The maximum atomic E-state index is 15.2. The Hall–Kier alpha value is -2.86. The summed E-state index contributed by atoms with van der Waals surface area (Å²) in [6.45, 7) is 5.94. The number of aromatic nitrogens is 4. The summed E-state index contributed by atoms with van der Waals surface area (Å²) in [7, 11) is 0. The zero-order valence-electron chi connectivity index (χ0n) is 20.0. The second kappa shape index (κ2) is 10.6. The van der Waals surface area contributed by atoms with Gasteiger partial charge in [0, 0.05) is 22.9 Å². The maximum absolute atomic E-state index is 15.2. The highest BCUT2D eigenvalue weighted by atomic mass is 35.5. The summed E-state index contributed by atoms with van der Waals surface area (Å²) in [5.41, 5.74) is 10.4. The molecular weight excluding hydrogens is 449 g/mol. The minimum absolute atomic E-state index is 0.147. The van der Waals surface area contributed by atoms with Crippen LogP contribution in [0.4, 0.5) is 4.39 Å². The van der Waals surface area contributed by atoms with Gasteiger partial charge in [0.25, 0.3) is 0 Å². The summed E-state index contributed by atoms with van der Waals surface area (Å²) in [5.74, 6) is 0.878. The Morgan fingerprint density at radius 2 is 1.94 bits per heavy atom. The third kappa shape index (κ3) is 5.12. The van der Waals surface area contributed by atoms with Crippen LogP contribution in [0.15, 0.2) is 53.0 Å². The van der Waals surface area contributed by atoms with E-state index in [1.165, 1.54) is 11.6 Å². The van der Waals surface area contributed by atoms with Crippen LogP contribution in [0.5, 0.6) is 0 Å². The van der Waals surface area contributed by atoms with Crippen molar-refractivity contribution >= 4 is 28.3 Å². The van der Waals surface area contributed by atoms with Gasteiger partial charge in [-0.2, -0.15) is 0 Å². The molecule has 2 aliphatic carbocycles. The van der Waals surface area contributed by atoms with Crippen LogP contribution in [-0.2, 0) is 0 Å². The Balaban J connectivity index is 1.83. The van der Waals surface area contributed by atoms with E-state index in [9.17, 15) is 0 Å². The molecular formula is C27H31ClFN5. The van der Waals surface area contributed by atoms with Crippen LogP contribution in [0, 0.1) is 19.8 Å². The van der Waals surface area contributed by atoms with Gasteiger partial charge in [-0.25, -0.2) is 24.3 Å². The molecule has 0 spiro atoms. The van der Waals surface area contributed by atoms with Crippen molar-refractivity contribution in [1.29, 1.82) is 0 Å². The number of fused-ring (bicyclic) bond motifs is 1. The molecule has 0 aliphatic heterocycles. The van der Waals surface area contributed by atoms with Gasteiger partial charge in [0.15, 0.2) is 5.65 Å². The monoisotopic (exact) mass is 479 g/mol. The van der Waals surface area contributed by atoms with Gasteiger partial charge in [-0.1, -0.05) is 31.0 Å². The molecule has 178 valence electrons. The standard InChI is InChI=1S/C27H31ClFN5/c1-4-6-18(13-14-30)19-7-5-8-20(15-19)26-33-24(22-11-9-21(28)10-12-23(22)29)25-27(34-26)32-17(3)16(2)31-25/h6,9,11-14,19-20H,4-5,7-8,10,15,30H2,1-3H3/b14-13-,18-6+/t19-,20?/m1/s1. The number of allylic oxidation sites excluding steroid dienone is 9. The minimum Gasteiger partial charge on any atom is -0.405 e. The largest absolute Gasteiger partial charge is 0.405 e. The van der Waals surface area contributed by atoms with E-state index in [1.807, 2.05) is 19.9 Å². The van der Waals surface area contributed by atoms with Crippen molar-refractivity contribution in [1.82, 2.24) is 19.9 Å². The number of rotatable bonds is 5. The van der Waals surface area contributed by atoms with Crippen molar-refractivity contribution in [2.45, 2.75) is 65.2 Å². The number of aryl methyl sites for hydroxylation is 2. The lowest BCUT2D eigenvalue weighted by Crippen LogP contribution is -2.19. The first kappa shape index (κ1) is 24.3. The molecule has 2 atom stereocenters. The molecule has 0 amide bonds. The topological polar surface area (TPSA) is 77.6 Å². The van der Waals surface area contributed by atoms with Crippen molar-refractivity contribution in [3.8, 4) is 0 Å². The van der Waals surface area contributed by atoms with Crippen LogP contribution in [-0.4, -0.2) is 19.9 Å². The summed E-state index contributed by atoms with van der Waals surface area (Å²) in [6.07, 6.45) is 16.1. The van der Waals surface area contributed by atoms with Crippen LogP contribution in [0.1, 0.15) is 74.3 Å². The van der Waals surface area contributed by atoms with Crippen LogP contribution >= 0.6 is 11.6 Å². The molecule has 34 heavy (non-hydrogen) atoms. The van der Waals surface area contributed by atoms with Gasteiger partial charge in [0.1, 0.15) is 22.9 Å². The van der Waals surface area contributed by atoms with Crippen LogP contribution < -0.4 is 5.73 Å². The first-order valence-corrected chi connectivity index (χ1v) is 12.3. The number of hydrogen-bond donors (Lipinski definition) is 1. The van der Waals surface area contributed by atoms with Gasteiger partial charge >= 0.3 is 0 Å². The van der Waals surface area contributed by atoms with Crippen LogP contribution in [0.3, 0.4) is 0 Å². The zero-order chi connectivity index (χ0) is 24.2. The highest BCUT2D eigenvalue weighted by molar-refractivity contribution is 6.30. The summed E-state index contributed by atoms with van der Waals surface area (Å²) >= 11 is 6.18. The molecule has 0 saturated heterocycles. The third-order valence-corrected chi connectivity index (χ3v) is 6.90. The molecule has 1 saturated carbocycles. The molecule has 4 rings (SSSR count). The Morgan fingerprint density at radius 3 is 2.71 bits per heavy atom. The Bertz CT molecular complexity index is 1240. The third-order valence-electron chi connectivity index (χ3n) is 6.62. The minimum atomic E-state index is -0.361. The molecule has 2 aromatic heterocycles. The second-order valence-electron chi connectivity index (χ2n) is 8.98. The van der Waals surface area contributed by atoms with E-state index in [0.29, 0.717) is 45.6 Å². The SMILES string of the molecule is CC/C=C(\C=C/N)[C@@H]1CCCC(c2nc(C3=CC=C(Cl)CC=C3F)c3nc(C)c(C)nc3n2)C1. The van der Waals surface area contributed by atoms with Gasteiger partial charge in [-0.05, 0) is 81.5 Å². The van der Waals surface area contributed by atoms with Crippen molar-refractivity contribution in [3.05, 3.63) is 75.9 Å². The fraction of sp³-hybridized carbons (Fsp3) is 0.407. The summed E-state index contributed by atoms with van der Waals surface area (Å²) in [5, 5.41) is 0.570. The van der Waals surface area contributed by atoms with E-state index in [-0.39, 0.29) is 11.7 Å². The quantitative estimate of drug-likeness (QED) is 0.473. The second-order valence-corrected chi connectivity index (χ2v) is 9.46. The normalized spacial score (nSPS) is 21.9. The summed E-state index contributed by atoms with van der Waals surface area (Å²) in [6, 6.07) is 0. The van der Waals surface area contributed by atoms with Gasteiger partial charge in [-0.3, -0.25) is 0 Å². The predicted molar refractivity (Wildman–Crippen MR) is 137 cm³/mol. The predicted octanol–water partition coefficient (Wildman–Crippen LogP) is 6.88. The van der Waals surface area contributed by atoms with Crippen molar-refractivity contribution in [3.63, 3.8) is 0 Å². The lowest BCUT2D eigenvalue weighted by molar-refractivity contribution is 0.353. The lowest BCUT2D eigenvalue weighted by atomic mass is 9.77. The van der Waals surface area contributed by atoms with Gasteiger partial charge in [0.05, 0.1) is 11.4 Å². The van der Waals surface area contributed by atoms with E-state index in [4.69, 9.17) is 37.3 Å². The lowest BCUT2D eigenvalue weighted by Gasteiger charge is -2.29. The fourth-order valence-corrected chi connectivity index (χ4v) is 4.89. The van der Waals surface area contributed by atoms with Gasteiger partial charge in [-0.15, -0.1) is 0 Å². The smallest absolute Gasteiger partial charge is 0.182 e. The number of halogens is 2. The average molecular weight is 480 g/mol. The van der Waals surface area contributed by atoms with Crippen molar-refractivity contribution < 1.29 is 4.39 Å². The van der Waals surface area contributed by atoms with Crippen LogP contribution in [0.2, 0.25) is 0 Å². The zero-order valence-corrected chi connectivity index (χ0v) is 20.7. The molecule has 5 nitrogen and oxygen atoms in total. The molecule has 0 bridgehead atoms. The summed E-state index contributed by atoms with van der Waals surface area (Å²) < 4.78 is 15.2. The number of nitrogens with zero attached hydrogens (tertiary/aromatic N) is 4. The first-order valence-electron chi connectivity index (χ1n) is 11.9. The molecule has 2 aromatic rings. The molecule has 1 fully saturated rings. The van der Waals surface area contributed by atoms with E-state index in [2.05, 4.69) is 13.0 Å². The van der Waals surface area contributed by atoms with E-state index in [1.54, 1.807) is 18.4 Å². The molecule has 1 unspecified atom stereocenters. The van der Waals surface area contributed by atoms with Gasteiger partial charge < -0.3 is 5.73 Å². The molecule has 0 radical (unpaired) electrons. The molecule has 2 aliphatic rings. The highest BCUT2D eigenvalue weighted by Gasteiger charge is 2.29. The Kier molecular flexibility index (Phi) is 7.57. The average Bonchev–Trinajstić information content (AvgIpc) is 3.00. The van der Waals surface area contributed by atoms with Crippen molar-refractivity contribution in [2.75, 3.05) is 0 Å². The molecule has 0 aromatic carbocycles. The van der Waals surface area contributed by atoms with Crippen LogP contribution in [0.25, 0.3) is 16.7 Å². The van der Waals surface area contributed by atoms with E-state index in [0.717, 1.165) is 43.5 Å². The molecule has 7 heteroatoms.